The second kappa shape index (κ2) is 22.9. The molecular weight excluding hydrogens is 1010 g/mol. The molecule has 0 aliphatic heterocycles. The third kappa shape index (κ3) is 10.7. The van der Waals surface area contributed by atoms with Gasteiger partial charge in [-0.15, -0.1) is 23.3 Å². The molecule has 0 radical (unpaired) electrons. The van der Waals surface area contributed by atoms with Gasteiger partial charge in [-0.3, -0.25) is 11.8 Å². The van der Waals surface area contributed by atoms with Crippen LogP contribution in [0.1, 0.15) is 11.1 Å². The van der Waals surface area contributed by atoms with E-state index in [1.807, 2.05) is 48.5 Å². The molecule has 11 aromatic rings. The molecule has 0 spiro atoms. The largest absolute Gasteiger partial charge is 1.00 e. The summed E-state index contributed by atoms with van der Waals surface area (Å²) in [6.45, 7) is 0. The van der Waals surface area contributed by atoms with Gasteiger partial charge in [-0.25, -0.2) is 0 Å². The fourth-order valence-electron chi connectivity index (χ4n) is 8.60. The van der Waals surface area contributed by atoms with Crippen molar-refractivity contribution in [3.63, 3.8) is 0 Å². The number of hydrogen-bond donors (Lipinski definition) is 0. The molecule has 0 aromatic heterocycles. The molecular formula is C61H44Ag2P2+2. The van der Waals surface area contributed by atoms with Gasteiger partial charge < -0.3 is 12.8 Å². The first kappa shape index (κ1) is 47.2. The minimum atomic E-state index is -0.847. The molecule has 0 amide bonds. The molecule has 0 atom stereocenters. The molecule has 0 aliphatic rings. The zero-order valence-electron chi connectivity index (χ0n) is 35.4. The van der Waals surface area contributed by atoms with E-state index in [-0.39, 0.29) is 44.8 Å². The van der Waals surface area contributed by atoms with Gasteiger partial charge in [-0.1, -0.05) is 193 Å². The molecule has 11 aromatic carbocycles. The van der Waals surface area contributed by atoms with Crippen LogP contribution in [0.4, 0.5) is 0 Å². The molecule has 0 fully saturated rings. The maximum atomic E-state index is 7.56. The number of hydrogen-bond acceptors (Lipinski definition) is 0. The summed E-state index contributed by atoms with van der Waals surface area (Å²) in [4.78, 5) is 0. The summed E-state index contributed by atoms with van der Waals surface area (Å²) in [7, 11) is -1.69. The van der Waals surface area contributed by atoms with Crippen molar-refractivity contribution in [2.24, 2.45) is 0 Å². The molecule has 11 rings (SSSR count). The SMILES string of the molecule is [Ag+].[Ag+].[C-]#Cc1cc2c3ccccc3ccc2c2ccccc12.[C-]#Cc1cc2ccccc2c2ccccc12.c1ccc([PH+](C[PH+](c2ccccc2)c2ccccc2)c2ccccc2)cc1. The Morgan fingerprint density at radius 2 is 0.585 bits per heavy atom. The van der Waals surface area contributed by atoms with Crippen molar-refractivity contribution in [2.45, 2.75) is 0 Å². The molecule has 0 saturated carbocycles. The molecule has 0 saturated heterocycles. The minimum Gasteiger partial charge on any atom is -0.366 e. The topological polar surface area (TPSA) is 0 Å². The summed E-state index contributed by atoms with van der Waals surface area (Å²) in [5.74, 6) is 6.34. The average Bonchev–Trinajstić information content (AvgIpc) is 3.37. The maximum Gasteiger partial charge on any atom is 1.00 e. The molecule has 0 aliphatic carbocycles. The molecule has 318 valence electrons. The average molecular weight is 1050 g/mol. The van der Waals surface area contributed by atoms with Gasteiger partial charge in [0.1, 0.15) is 37.1 Å². The smallest absolute Gasteiger partial charge is 0.366 e. The van der Waals surface area contributed by atoms with Gasteiger partial charge in [0.05, 0.1) is 0 Å². The van der Waals surface area contributed by atoms with Crippen LogP contribution >= 0.6 is 15.8 Å². The zero-order chi connectivity index (χ0) is 42.8. The van der Waals surface area contributed by atoms with Gasteiger partial charge in [-0.2, -0.15) is 0 Å². The van der Waals surface area contributed by atoms with Crippen LogP contribution < -0.4 is 21.2 Å². The van der Waals surface area contributed by atoms with E-state index in [1.165, 1.54) is 64.8 Å². The third-order valence-corrected chi connectivity index (χ3v) is 18.6. The number of benzene rings is 11. The van der Waals surface area contributed by atoms with E-state index in [4.69, 9.17) is 12.8 Å². The molecule has 0 nitrogen and oxygen atoms in total. The Hall–Kier alpha value is -5.82. The van der Waals surface area contributed by atoms with E-state index in [0.717, 1.165) is 27.3 Å². The van der Waals surface area contributed by atoms with E-state index in [1.54, 1.807) is 0 Å². The van der Waals surface area contributed by atoms with Crippen molar-refractivity contribution in [1.29, 1.82) is 0 Å². The summed E-state index contributed by atoms with van der Waals surface area (Å²) in [5.41, 5.74) is 1.71. The predicted octanol–water partition coefficient (Wildman–Crippen LogP) is 13.7. The van der Waals surface area contributed by atoms with Crippen LogP contribution in [0.5, 0.6) is 0 Å². The van der Waals surface area contributed by atoms with Gasteiger partial charge >= 0.3 is 44.8 Å². The zero-order valence-corrected chi connectivity index (χ0v) is 40.4. The molecule has 0 unspecified atom stereocenters. The third-order valence-electron chi connectivity index (χ3n) is 11.6. The first-order valence-electron chi connectivity index (χ1n) is 21.2. The second-order valence-electron chi connectivity index (χ2n) is 15.4. The van der Waals surface area contributed by atoms with Crippen molar-refractivity contribution in [3.8, 4) is 11.8 Å². The van der Waals surface area contributed by atoms with Crippen LogP contribution in [0, 0.1) is 24.7 Å². The maximum absolute atomic E-state index is 7.56. The fourth-order valence-corrected chi connectivity index (χ4v) is 16.3. The van der Waals surface area contributed by atoms with Crippen LogP contribution in [0.3, 0.4) is 0 Å². The van der Waals surface area contributed by atoms with Crippen LogP contribution in [-0.2, 0) is 44.8 Å². The van der Waals surface area contributed by atoms with Gasteiger partial charge in [-0.05, 0) is 91.6 Å². The van der Waals surface area contributed by atoms with Crippen LogP contribution in [0.25, 0.3) is 53.9 Å². The van der Waals surface area contributed by atoms with Crippen LogP contribution in [0.2, 0.25) is 0 Å². The van der Waals surface area contributed by atoms with Crippen LogP contribution in [-0.4, -0.2) is 5.90 Å². The van der Waals surface area contributed by atoms with Crippen molar-refractivity contribution in [1.82, 2.24) is 0 Å². The predicted molar refractivity (Wildman–Crippen MR) is 279 cm³/mol. The van der Waals surface area contributed by atoms with Crippen molar-refractivity contribution in [3.05, 3.63) is 267 Å². The van der Waals surface area contributed by atoms with Crippen molar-refractivity contribution < 1.29 is 44.8 Å². The molecule has 65 heavy (non-hydrogen) atoms. The molecule has 0 heterocycles. The molecule has 4 heteroatoms. The quantitative estimate of drug-likeness (QED) is 0.0512. The first-order chi connectivity index (χ1) is 31.2. The minimum absolute atomic E-state index is 0. The Balaban J connectivity index is 0.000000148. The summed E-state index contributed by atoms with van der Waals surface area (Å²) in [6.07, 6.45) is 14.9. The standard InChI is InChI=1S/C25H22P2.C20H11.C16H9.2Ag/c1-5-13-22(14-6-1)26(23-15-7-2-8-16-23)21-27(24-17-9-3-10-18-24)25-19-11-4-12-20-25;1-2-14-13-20-17-9-4-3-7-15(17)11-12-19(20)18-10-6-5-8-16(14)18;1-2-12-11-13-7-3-4-9-15(13)16-10-6-5-8-14(12)16;;/h1-20H,21H2;3-13H;3-11H;;/q;2*-1;2*+1/p+2. The van der Waals surface area contributed by atoms with Crippen molar-refractivity contribution >= 4 is 90.9 Å². The van der Waals surface area contributed by atoms with Gasteiger partial charge in [0.2, 0.25) is 0 Å². The van der Waals surface area contributed by atoms with Gasteiger partial charge in [0.25, 0.3) is 0 Å². The monoisotopic (exact) mass is 1050 g/mol. The number of rotatable bonds is 6. The Morgan fingerprint density at radius 1 is 0.277 bits per heavy atom. The van der Waals surface area contributed by atoms with E-state index in [0.29, 0.717) is 0 Å². The summed E-state index contributed by atoms with van der Waals surface area (Å²) in [5, 5.41) is 17.8. The van der Waals surface area contributed by atoms with E-state index in [2.05, 4.69) is 206 Å². The fraction of sp³-hybridized carbons (Fsp3) is 0.0164. The van der Waals surface area contributed by atoms with Gasteiger partial charge in [0.15, 0.2) is 5.90 Å². The summed E-state index contributed by atoms with van der Waals surface area (Å²) in [6, 6.07) is 85.9. The number of fused-ring (bicyclic) bond motifs is 8. The Labute approximate surface area is 416 Å². The summed E-state index contributed by atoms with van der Waals surface area (Å²) >= 11 is 0. The van der Waals surface area contributed by atoms with Crippen LogP contribution in [0.15, 0.2) is 243 Å². The second-order valence-corrected chi connectivity index (χ2v) is 21.0. The normalized spacial score (nSPS) is 10.5. The van der Waals surface area contributed by atoms with E-state index in [9.17, 15) is 0 Å². The Kier molecular flexibility index (Phi) is 16.6. The molecule has 0 bridgehead atoms. The van der Waals surface area contributed by atoms with E-state index >= 15 is 0 Å². The van der Waals surface area contributed by atoms with E-state index < -0.39 is 15.8 Å². The summed E-state index contributed by atoms with van der Waals surface area (Å²) < 4.78 is 0. The Morgan fingerprint density at radius 3 is 1.02 bits per heavy atom. The van der Waals surface area contributed by atoms with Gasteiger partial charge in [0, 0.05) is 0 Å². The van der Waals surface area contributed by atoms with Crippen molar-refractivity contribution in [2.75, 3.05) is 5.90 Å². The Bertz CT molecular complexity index is 3240. The first-order valence-corrected chi connectivity index (χ1v) is 24.6. The molecule has 0 N–H and O–H groups in total.